The summed E-state index contributed by atoms with van der Waals surface area (Å²) in [6.07, 6.45) is -0.938. The molecule has 2 aromatic rings. The van der Waals surface area contributed by atoms with E-state index in [1.807, 2.05) is 18.3 Å². The Morgan fingerprint density at radius 3 is 2.56 bits per heavy atom. The molecule has 0 aliphatic rings. The molecule has 2 N–H and O–H groups in total. The van der Waals surface area contributed by atoms with Gasteiger partial charge < -0.3 is 14.8 Å². The summed E-state index contributed by atoms with van der Waals surface area (Å²) in [4.78, 5) is 35.2. The first-order chi connectivity index (χ1) is 12.8. The molecular formula is C19H19FN2O5. The number of nitrogens with one attached hydrogen (secondary N) is 2. The lowest BCUT2D eigenvalue weighted by molar-refractivity contribution is -0.154. The maximum absolute atomic E-state index is 13.4. The number of anilines is 1. The molecule has 142 valence electrons. The Morgan fingerprint density at radius 1 is 1.11 bits per heavy atom. The van der Waals surface area contributed by atoms with E-state index in [0.29, 0.717) is 5.75 Å². The zero-order chi connectivity index (χ0) is 19.8. The molecule has 0 radical (unpaired) electrons. The van der Waals surface area contributed by atoms with Gasteiger partial charge in [-0.2, -0.15) is 0 Å². The Hall–Kier alpha value is -3.42. The zero-order valence-corrected chi connectivity index (χ0v) is 14.8. The third-order valence-electron chi connectivity index (χ3n) is 3.35. The highest BCUT2D eigenvalue weighted by Gasteiger charge is 2.19. The molecule has 0 saturated heterocycles. The summed E-state index contributed by atoms with van der Waals surface area (Å²) in [7, 11) is 0. The molecule has 7 nitrogen and oxygen atoms in total. The Morgan fingerprint density at radius 2 is 1.85 bits per heavy atom. The van der Waals surface area contributed by atoms with Gasteiger partial charge in [-0.15, -0.1) is 0 Å². The number of imide groups is 1. The molecule has 2 aromatic carbocycles. The van der Waals surface area contributed by atoms with Gasteiger partial charge >= 0.3 is 12.0 Å². The van der Waals surface area contributed by atoms with Gasteiger partial charge in [0.25, 0.3) is 5.91 Å². The number of amides is 3. The van der Waals surface area contributed by atoms with Crippen LogP contribution < -0.4 is 15.4 Å². The molecule has 0 bridgehead atoms. The lowest BCUT2D eigenvalue weighted by atomic mass is 10.2. The summed E-state index contributed by atoms with van der Waals surface area (Å²) in [5.41, 5.74) is 0.883. The number of benzene rings is 2. The van der Waals surface area contributed by atoms with E-state index in [2.05, 4.69) is 5.32 Å². The number of halogens is 1. The molecule has 27 heavy (non-hydrogen) atoms. The molecule has 0 saturated carbocycles. The second-order valence-electron chi connectivity index (χ2n) is 5.67. The Balaban J connectivity index is 1.76. The monoisotopic (exact) mass is 374 g/mol. The summed E-state index contributed by atoms with van der Waals surface area (Å²) in [5.74, 6) is -1.78. The van der Waals surface area contributed by atoms with Crippen LogP contribution in [0.15, 0.2) is 48.5 Å². The van der Waals surface area contributed by atoms with Crippen LogP contribution >= 0.6 is 0 Å². The highest BCUT2D eigenvalue weighted by atomic mass is 19.1. The van der Waals surface area contributed by atoms with E-state index in [0.717, 1.165) is 11.6 Å². The highest BCUT2D eigenvalue weighted by molar-refractivity contribution is 6.01. The summed E-state index contributed by atoms with van der Waals surface area (Å²) in [6, 6.07) is 11.7. The number of ether oxygens (including phenoxy) is 2. The Bertz CT molecular complexity index is 840. The van der Waals surface area contributed by atoms with Gasteiger partial charge in [0, 0.05) is 0 Å². The normalized spacial score (nSPS) is 11.2. The van der Waals surface area contributed by atoms with Gasteiger partial charge in [0.1, 0.15) is 11.6 Å². The van der Waals surface area contributed by atoms with E-state index in [1.165, 1.54) is 25.1 Å². The number of rotatable bonds is 6. The fourth-order valence-corrected chi connectivity index (χ4v) is 2.07. The van der Waals surface area contributed by atoms with Gasteiger partial charge in [-0.3, -0.25) is 10.1 Å². The molecule has 0 unspecified atom stereocenters. The summed E-state index contributed by atoms with van der Waals surface area (Å²) < 4.78 is 23.7. The fourth-order valence-electron chi connectivity index (χ4n) is 2.07. The fraction of sp³-hybridized carbons (Fsp3) is 0.211. The van der Waals surface area contributed by atoms with Crippen molar-refractivity contribution in [3.63, 3.8) is 0 Å². The molecule has 0 fully saturated rings. The third kappa shape index (κ3) is 6.43. The van der Waals surface area contributed by atoms with Crippen LogP contribution in [0.25, 0.3) is 0 Å². The number of aryl methyl sites for hydroxylation is 1. The van der Waals surface area contributed by atoms with Gasteiger partial charge in [0.2, 0.25) is 0 Å². The van der Waals surface area contributed by atoms with Crippen molar-refractivity contribution in [2.75, 3.05) is 11.9 Å². The maximum Gasteiger partial charge on any atom is 0.347 e. The first kappa shape index (κ1) is 19.9. The van der Waals surface area contributed by atoms with Gasteiger partial charge in [-0.05, 0) is 43.7 Å². The van der Waals surface area contributed by atoms with E-state index in [-0.39, 0.29) is 5.69 Å². The first-order valence-corrected chi connectivity index (χ1v) is 8.10. The minimum atomic E-state index is -0.940. The van der Waals surface area contributed by atoms with Crippen LogP contribution in [0.3, 0.4) is 0 Å². The van der Waals surface area contributed by atoms with Crippen molar-refractivity contribution in [3.8, 4) is 5.75 Å². The highest BCUT2D eigenvalue weighted by Crippen LogP contribution is 2.14. The molecule has 0 aliphatic heterocycles. The average Bonchev–Trinajstić information content (AvgIpc) is 2.61. The van der Waals surface area contributed by atoms with Crippen LogP contribution in [0.5, 0.6) is 5.75 Å². The van der Waals surface area contributed by atoms with Crippen molar-refractivity contribution in [2.24, 2.45) is 0 Å². The number of esters is 1. The van der Waals surface area contributed by atoms with Crippen molar-refractivity contribution < 1.29 is 28.2 Å². The van der Waals surface area contributed by atoms with E-state index >= 15 is 0 Å². The number of hydrogen-bond donors (Lipinski definition) is 2. The van der Waals surface area contributed by atoms with Gasteiger partial charge in [-0.25, -0.2) is 14.0 Å². The van der Waals surface area contributed by atoms with Gasteiger partial charge in [-0.1, -0.05) is 24.3 Å². The smallest absolute Gasteiger partial charge is 0.347 e. The molecule has 8 heteroatoms. The molecule has 0 spiro atoms. The molecule has 1 atom stereocenters. The van der Waals surface area contributed by atoms with E-state index < -0.39 is 36.4 Å². The predicted octanol–water partition coefficient (Wildman–Crippen LogP) is 2.79. The van der Waals surface area contributed by atoms with Crippen LogP contribution in [0.2, 0.25) is 0 Å². The standard InChI is InChI=1S/C19H19FN2O5/c1-12-6-5-7-14(10-12)27-13(2)18(24)26-11-17(23)22-19(25)21-16-9-4-3-8-15(16)20/h3-10,13H,11H2,1-2H3,(H2,21,22,23,25)/t13-/m0/s1. The lowest BCUT2D eigenvalue weighted by Crippen LogP contribution is -2.38. The van der Waals surface area contributed by atoms with Crippen molar-refractivity contribution in [1.29, 1.82) is 0 Å². The van der Waals surface area contributed by atoms with Crippen molar-refractivity contribution in [1.82, 2.24) is 5.32 Å². The largest absolute Gasteiger partial charge is 0.479 e. The molecule has 0 heterocycles. The van der Waals surface area contributed by atoms with Crippen LogP contribution in [0, 0.1) is 12.7 Å². The molecule has 3 amide bonds. The second kappa shape index (κ2) is 9.33. The van der Waals surface area contributed by atoms with Crippen LogP contribution in [-0.4, -0.2) is 30.6 Å². The third-order valence-corrected chi connectivity index (χ3v) is 3.35. The molecule has 2 rings (SSSR count). The van der Waals surface area contributed by atoms with Gasteiger partial charge in [0.05, 0.1) is 5.69 Å². The molecular weight excluding hydrogens is 355 g/mol. The number of urea groups is 1. The summed E-state index contributed by atoms with van der Waals surface area (Å²) >= 11 is 0. The maximum atomic E-state index is 13.4. The van der Waals surface area contributed by atoms with Crippen LogP contribution in [0.1, 0.15) is 12.5 Å². The van der Waals surface area contributed by atoms with Crippen molar-refractivity contribution in [2.45, 2.75) is 20.0 Å². The zero-order valence-electron chi connectivity index (χ0n) is 14.8. The first-order valence-electron chi connectivity index (χ1n) is 8.10. The molecule has 0 aromatic heterocycles. The van der Waals surface area contributed by atoms with E-state index in [1.54, 1.807) is 18.2 Å². The minimum Gasteiger partial charge on any atom is -0.479 e. The Labute approximate surface area is 155 Å². The van der Waals surface area contributed by atoms with E-state index in [4.69, 9.17) is 9.47 Å². The lowest BCUT2D eigenvalue weighted by Gasteiger charge is -2.14. The van der Waals surface area contributed by atoms with Crippen molar-refractivity contribution >= 4 is 23.6 Å². The summed E-state index contributed by atoms with van der Waals surface area (Å²) in [6.45, 7) is 2.69. The predicted molar refractivity (Wildman–Crippen MR) is 95.8 cm³/mol. The number of hydrogen-bond acceptors (Lipinski definition) is 5. The quantitative estimate of drug-likeness (QED) is 0.759. The Kier molecular flexibility index (Phi) is 6.87. The number of para-hydroxylation sites is 1. The SMILES string of the molecule is Cc1cccc(O[C@@H](C)C(=O)OCC(=O)NC(=O)Nc2ccccc2F)c1. The minimum absolute atomic E-state index is 0.0834. The van der Waals surface area contributed by atoms with E-state index in [9.17, 15) is 18.8 Å². The number of carbonyl (C=O) groups is 3. The van der Waals surface area contributed by atoms with Crippen molar-refractivity contribution in [3.05, 3.63) is 59.9 Å². The van der Waals surface area contributed by atoms with Crippen LogP contribution in [0.4, 0.5) is 14.9 Å². The molecule has 0 aliphatic carbocycles. The average molecular weight is 374 g/mol. The number of carbonyl (C=O) groups excluding carboxylic acids is 3. The van der Waals surface area contributed by atoms with Gasteiger partial charge in [0.15, 0.2) is 12.7 Å². The topological polar surface area (TPSA) is 93.7 Å². The second-order valence-corrected chi connectivity index (χ2v) is 5.67. The summed E-state index contributed by atoms with van der Waals surface area (Å²) in [5, 5.41) is 4.11. The van der Waals surface area contributed by atoms with Crippen LogP contribution in [-0.2, 0) is 14.3 Å².